The van der Waals surface area contributed by atoms with Crippen LogP contribution >= 0.6 is 11.6 Å². The highest BCUT2D eigenvalue weighted by molar-refractivity contribution is 7.92. The van der Waals surface area contributed by atoms with Crippen LogP contribution < -0.4 is 14.8 Å². The average molecular weight is 451 g/mol. The van der Waals surface area contributed by atoms with Crippen molar-refractivity contribution >= 4 is 33.2 Å². The number of carbonyl (C=O) groups excluding carboxylic acids is 1. The Morgan fingerprint density at radius 2 is 1.73 bits per heavy atom. The minimum Gasteiger partial charge on any atom is -0.484 e. The van der Waals surface area contributed by atoms with Crippen molar-refractivity contribution in [2.24, 2.45) is 0 Å². The van der Waals surface area contributed by atoms with Crippen LogP contribution in [0.3, 0.4) is 0 Å². The molecule has 0 spiro atoms. The molecule has 162 valence electrons. The van der Waals surface area contributed by atoms with Gasteiger partial charge in [-0.15, -0.1) is 0 Å². The highest BCUT2D eigenvalue weighted by atomic mass is 35.5. The van der Waals surface area contributed by atoms with Crippen molar-refractivity contribution in [2.75, 3.05) is 11.3 Å². The zero-order chi connectivity index (χ0) is 21.6. The van der Waals surface area contributed by atoms with Crippen molar-refractivity contribution in [2.45, 2.75) is 56.4 Å². The predicted molar refractivity (Wildman–Crippen MR) is 119 cm³/mol. The number of hydrogen-bond acceptors (Lipinski definition) is 4. The Bertz CT molecular complexity index is 969. The van der Waals surface area contributed by atoms with Crippen LogP contribution in [0.15, 0.2) is 47.4 Å². The lowest BCUT2D eigenvalue weighted by Crippen LogP contribution is -2.37. The number of nitrogens with one attached hydrogen (secondary N) is 2. The lowest BCUT2D eigenvalue weighted by Gasteiger charge is -2.17. The molecule has 2 N–H and O–H groups in total. The minimum atomic E-state index is -3.75. The molecule has 1 saturated carbocycles. The van der Waals surface area contributed by atoms with Crippen LogP contribution in [-0.4, -0.2) is 27.0 Å². The minimum absolute atomic E-state index is 0.0908. The van der Waals surface area contributed by atoms with E-state index in [0.717, 1.165) is 25.7 Å². The maximum atomic E-state index is 12.6. The van der Waals surface area contributed by atoms with Gasteiger partial charge < -0.3 is 10.1 Å². The molecule has 6 nitrogen and oxygen atoms in total. The maximum absolute atomic E-state index is 12.6. The Morgan fingerprint density at radius 3 is 2.37 bits per heavy atom. The van der Waals surface area contributed by atoms with Gasteiger partial charge in [-0.3, -0.25) is 9.52 Å². The number of anilines is 1. The predicted octanol–water partition coefficient (Wildman–Crippen LogP) is 4.67. The molecular weight excluding hydrogens is 424 g/mol. The molecule has 0 radical (unpaired) electrons. The number of benzene rings is 2. The molecule has 30 heavy (non-hydrogen) atoms. The fraction of sp³-hybridized carbons (Fsp3) is 0.409. The van der Waals surface area contributed by atoms with Gasteiger partial charge in [0.2, 0.25) is 0 Å². The number of sulfonamides is 1. The van der Waals surface area contributed by atoms with Gasteiger partial charge in [-0.1, -0.05) is 37.3 Å². The van der Waals surface area contributed by atoms with Gasteiger partial charge in [0.05, 0.1) is 4.90 Å². The first-order chi connectivity index (χ1) is 14.3. The Balaban J connectivity index is 1.58. The van der Waals surface area contributed by atoms with Gasteiger partial charge >= 0.3 is 0 Å². The summed E-state index contributed by atoms with van der Waals surface area (Å²) in [6, 6.07) is 11.2. The molecule has 0 saturated heterocycles. The summed E-state index contributed by atoms with van der Waals surface area (Å²) in [5, 5.41) is 3.56. The van der Waals surface area contributed by atoms with E-state index in [2.05, 4.69) is 10.0 Å². The third kappa shape index (κ3) is 6.37. The molecule has 0 unspecified atom stereocenters. The van der Waals surface area contributed by atoms with Crippen molar-refractivity contribution < 1.29 is 17.9 Å². The molecule has 2 aromatic carbocycles. The van der Waals surface area contributed by atoms with E-state index in [4.69, 9.17) is 16.3 Å². The van der Waals surface area contributed by atoms with E-state index >= 15 is 0 Å². The Morgan fingerprint density at radius 1 is 1.07 bits per heavy atom. The Labute approximate surface area is 183 Å². The van der Waals surface area contributed by atoms with Crippen molar-refractivity contribution in [1.29, 1.82) is 0 Å². The van der Waals surface area contributed by atoms with Gasteiger partial charge in [0.1, 0.15) is 5.75 Å². The van der Waals surface area contributed by atoms with E-state index in [0.29, 0.717) is 22.0 Å². The summed E-state index contributed by atoms with van der Waals surface area (Å²) >= 11 is 5.83. The lowest BCUT2D eigenvalue weighted by atomic mass is 10.1. The molecule has 0 aliphatic heterocycles. The molecule has 0 aromatic heterocycles. The number of amides is 1. The van der Waals surface area contributed by atoms with E-state index in [1.807, 2.05) is 0 Å². The third-order valence-electron chi connectivity index (χ3n) is 5.13. The fourth-order valence-electron chi connectivity index (χ4n) is 3.52. The fourth-order valence-corrected chi connectivity index (χ4v) is 4.79. The highest BCUT2D eigenvalue weighted by Crippen LogP contribution is 2.24. The van der Waals surface area contributed by atoms with E-state index in [1.165, 1.54) is 25.0 Å². The van der Waals surface area contributed by atoms with Gasteiger partial charge in [-0.05, 0) is 67.8 Å². The summed E-state index contributed by atoms with van der Waals surface area (Å²) in [6.07, 6.45) is 6.76. The topological polar surface area (TPSA) is 84.5 Å². The van der Waals surface area contributed by atoms with Crippen LogP contribution in [0.1, 0.15) is 44.1 Å². The molecule has 3 rings (SSSR count). The number of carbonyl (C=O) groups is 1. The molecule has 0 bridgehead atoms. The first kappa shape index (κ1) is 22.4. The van der Waals surface area contributed by atoms with Crippen LogP contribution in [-0.2, 0) is 14.8 Å². The van der Waals surface area contributed by atoms with Crippen LogP contribution in [0, 0.1) is 6.92 Å². The van der Waals surface area contributed by atoms with Crippen molar-refractivity contribution in [3.63, 3.8) is 0 Å². The van der Waals surface area contributed by atoms with Crippen LogP contribution in [0.5, 0.6) is 5.75 Å². The van der Waals surface area contributed by atoms with Crippen molar-refractivity contribution in [3.8, 4) is 5.75 Å². The standard InChI is InChI=1S/C22H27ClN2O4S/c1-16-14-20(30(27,28)25-19-10-8-17(23)9-11-19)12-13-21(16)29-15-22(26)24-18-6-4-2-3-5-7-18/h8-14,18,25H,2-7,15H2,1H3,(H,24,26). The molecule has 1 aliphatic carbocycles. The molecule has 0 heterocycles. The molecule has 1 aliphatic rings. The Hall–Kier alpha value is -2.25. The summed E-state index contributed by atoms with van der Waals surface area (Å²) in [5.41, 5.74) is 1.06. The normalized spacial score (nSPS) is 15.3. The summed E-state index contributed by atoms with van der Waals surface area (Å²) in [4.78, 5) is 12.3. The second kappa shape index (κ2) is 10.2. The highest BCUT2D eigenvalue weighted by Gasteiger charge is 2.17. The molecule has 2 aromatic rings. The number of halogens is 1. The SMILES string of the molecule is Cc1cc(S(=O)(=O)Nc2ccc(Cl)cc2)ccc1OCC(=O)NC1CCCCCC1. The maximum Gasteiger partial charge on any atom is 0.261 e. The smallest absolute Gasteiger partial charge is 0.261 e. The summed E-state index contributed by atoms with van der Waals surface area (Å²) in [7, 11) is -3.75. The number of rotatable bonds is 7. The van der Waals surface area contributed by atoms with E-state index < -0.39 is 10.0 Å². The average Bonchev–Trinajstić information content (AvgIpc) is 2.97. The molecule has 1 amide bonds. The van der Waals surface area contributed by atoms with E-state index in [-0.39, 0.29) is 23.5 Å². The van der Waals surface area contributed by atoms with Crippen LogP contribution in [0.4, 0.5) is 5.69 Å². The zero-order valence-corrected chi connectivity index (χ0v) is 18.6. The van der Waals surface area contributed by atoms with Gasteiger partial charge in [-0.25, -0.2) is 8.42 Å². The third-order valence-corrected chi connectivity index (χ3v) is 6.76. The van der Waals surface area contributed by atoms with Crippen molar-refractivity contribution in [1.82, 2.24) is 5.32 Å². The van der Waals surface area contributed by atoms with Gasteiger partial charge in [0.15, 0.2) is 6.61 Å². The lowest BCUT2D eigenvalue weighted by molar-refractivity contribution is -0.123. The molecular formula is C22H27ClN2O4S. The Kier molecular flexibility index (Phi) is 7.61. The summed E-state index contributed by atoms with van der Waals surface area (Å²) in [6.45, 7) is 1.66. The molecule has 1 fully saturated rings. The van der Waals surface area contributed by atoms with E-state index in [9.17, 15) is 13.2 Å². The van der Waals surface area contributed by atoms with Gasteiger partial charge in [0.25, 0.3) is 15.9 Å². The van der Waals surface area contributed by atoms with Crippen LogP contribution in [0.2, 0.25) is 5.02 Å². The first-order valence-electron chi connectivity index (χ1n) is 10.1. The van der Waals surface area contributed by atoms with E-state index in [1.54, 1.807) is 37.3 Å². The number of ether oxygens (including phenoxy) is 1. The quantitative estimate of drug-likeness (QED) is 0.600. The largest absolute Gasteiger partial charge is 0.484 e. The van der Waals surface area contributed by atoms with Crippen molar-refractivity contribution in [3.05, 3.63) is 53.1 Å². The summed E-state index contributed by atoms with van der Waals surface area (Å²) < 4.78 is 33.4. The number of hydrogen-bond donors (Lipinski definition) is 2. The van der Waals surface area contributed by atoms with Crippen LogP contribution in [0.25, 0.3) is 0 Å². The first-order valence-corrected chi connectivity index (χ1v) is 12.0. The number of aryl methyl sites for hydroxylation is 1. The van der Waals surface area contributed by atoms with Gasteiger partial charge in [0, 0.05) is 16.8 Å². The monoisotopic (exact) mass is 450 g/mol. The second-order valence-electron chi connectivity index (χ2n) is 7.58. The summed E-state index contributed by atoms with van der Waals surface area (Å²) in [5.74, 6) is 0.332. The molecule has 0 atom stereocenters. The zero-order valence-electron chi connectivity index (χ0n) is 17.0. The van der Waals surface area contributed by atoms with Gasteiger partial charge in [-0.2, -0.15) is 0 Å². The second-order valence-corrected chi connectivity index (χ2v) is 9.70. The molecule has 8 heteroatoms.